The lowest BCUT2D eigenvalue weighted by Crippen LogP contribution is -2.70. The van der Waals surface area contributed by atoms with Crippen LogP contribution >= 0.6 is 0 Å². The maximum Gasteiger partial charge on any atom is 0.276 e. The zero-order valence-corrected chi connectivity index (χ0v) is 15.3. The standard InChI is InChI=1S/C20H28N4O2/c25-19(22-26)15-11-14-6-10-23(13-17(14)21-12-15)18-5-8-20(18)7-1-2-9-24(20)16-3-4-16/h11-12,16,18,26H,1-10,13H2,(H,22,25)/t18-,20+/m0/s1. The molecule has 2 aliphatic carbocycles. The van der Waals surface area contributed by atoms with Crippen LogP contribution in [0.25, 0.3) is 0 Å². The van der Waals surface area contributed by atoms with Crippen LogP contribution in [0.1, 0.15) is 66.6 Å². The summed E-state index contributed by atoms with van der Waals surface area (Å²) in [4.78, 5) is 21.7. The van der Waals surface area contributed by atoms with Crippen molar-refractivity contribution in [2.24, 2.45) is 0 Å². The van der Waals surface area contributed by atoms with E-state index in [0.29, 0.717) is 17.1 Å². The Bertz CT molecular complexity index is 720. The third-order valence-electron chi connectivity index (χ3n) is 7.17. The Morgan fingerprint density at radius 2 is 2.12 bits per heavy atom. The summed E-state index contributed by atoms with van der Waals surface area (Å²) in [6.07, 6.45) is 12.1. The predicted octanol–water partition coefficient (Wildman–Crippen LogP) is 2.11. The number of amides is 1. The van der Waals surface area contributed by atoms with Gasteiger partial charge in [0.1, 0.15) is 0 Å². The van der Waals surface area contributed by atoms with Crippen LogP contribution in [-0.4, -0.2) is 56.6 Å². The molecule has 140 valence electrons. The highest BCUT2D eigenvalue weighted by molar-refractivity contribution is 5.93. The maximum absolute atomic E-state index is 11.6. The lowest BCUT2D eigenvalue weighted by molar-refractivity contribution is -0.104. The van der Waals surface area contributed by atoms with E-state index in [1.165, 1.54) is 51.5 Å². The Hall–Kier alpha value is -1.50. The first kappa shape index (κ1) is 16.7. The maximum atomic E-state index is 11.6. The number of hydroxylamine groups is 1. The topological polar surface area (TPSA) is 68.7 Å². The minimum absolute atomic E-state index is 0.424. The lowest BCUT2D eigenvalue weighted by atomic mass is 9.64. The Morgan fingerprint density at radius 3 is 2.85 bits per heavy atom. The molecule has 1 saturated heterocycles. The van der Waals surface area contributed by atoms with E-state index in [4.69, 9.17) is 5.21 Å². The van der Waals surface area contributed by atoms with E-state index in [0.717, 1.165) is 36.8 Å². The summed E-state index contributed by atoms with van der Waals surface area (Å²) >= 11 is 0. The highest BCUT2D eigenvalue weighted by Gasteiger charge is 2.56. The molecule has 2 atom stereocenters. The number of nitrogens with zero attached hydrogens (tertiary/aromatic N) is 3. The number of nitrogens with one attached hydrogen (secondary N) is 1. The third-order valence-corrected chi connectivity index (χ3v) is 7.17. The normalized spacial score (nSPS) is 32.1. The molecule has 0 aromatic carbocycles. The molecule has 0 unspecified atom stereocenters. The summed E-state index contributed by atoms with van der Waals surface area (Å²) in [5, 5.41) is 8.82. The van der Waals surface area contributed by atoms with Crippen molar-refractivity contribution in [1.82, 2.24) is 20.3 Å². The van der Waals surface area contributed by atoms with Crippen molar-refractivity contribution in [3.05, 3.63) is 29.1 Å². The minimum atomic E-state index is -0.483. The molecule has 26 heavy (non-hydrogen) atoms. The molecule has 6 nitrogen and oxygen atoms in total. The summed E-state index contributed by atoms with van der Waals surface area (Å²) < 4.78 is 0. The molecule has 1 spiro atoms. The van der Waals surface area contributed by atoms with Crippen molar-refractivity contribution in [3.8, 4) is 0 Å². The number of rotatable bonds is 3. The van der Waals surface area contributed by atoms with Crippen molar-refractivity contribution in [2.75, 3.05) is 13.1 Å². The minimum Gasteiger partial charge on any atom is -0.293 e. The Balaban J connectivity index is 1.35. The fourth-order valence-corrected chi connectivity index (χ4v) is 5.66. The van der Waals surface area contributed by atoms with Crippen LogP contribution in [0, 0.1) is 0 Å². The number of likely N-dealkylation sites (tertiary alicyclic amines) is 1. The number of carbonyl (C=O) groups is 1. The monoisotopic (exact) mass is 356 g/mol. The molecule has 4 aliphatic rings. The Labute approximate surface area is 154 Å². The zero-order chi connectivity index (χ0) is 17.7. The van der Waals surface area contributed by atoms with Crippen LogP contribution in [-0.2, 0) is 13.0 Å². The van der Waals surface area contributed by atoms with Crippen LogP contribution in [0.3, 0.4) is 0 Å². The van der Waals surface area contributed by atoms with Gasteiger partial charge in [0.05, 0.1) is 11.3 Å². The van der Waals surface area contributed by atoms with E-state index in [2.05, 4.69) is 14.8 Å². The van der Waals surface area contributed by atoms with Gasteiger partial charge in [-0.2, -0.15) is 0 Å². The van der Waals surface area contributed by atoms with Gasteiger partial charge in [-0.1, -0.05) is 6.42 Å². The number of pyridine rings is 1. The molecule has 2 N–H and O–H groups in total. The second-order valence-electron chi connectivity index (χ2n) is 8.53. The first-order chi connectivity index (χ1) is 12.7. The van der Waals surface area contributed by atoms with Gasteiger partial charge in [-0.15, -0.1) is 0 Å². The molecule has 1 amide bonds. The number of fused-ring (bicyclic) bond motifs is 1. The van der Waals surface area contributed by atoms with Gasteiger partial charge in [0, 0.05) is 36.9 Å². The predicted molar refractivity (Wildman–Crippen MR) is 96.9 cm³/mol. The van der Waals surface area contributed by atoms with Crippen molar-refractivity contribution >= 4 is 5.91 Å². The molecule has 3 heterocycles. The molecule has 2 aliphatic heterocycles. The average molecular weight is 356 g/mol. The van der Waals surface area contributed by atoms with Gasteiger partial charge in [0.15, 0.2) is 0 Å². The van der Waals surface area contributed by atoms with E-state index in [9.17, 15) is 4.79 Å². The SMILES string of the molecule is O=C(NO)c1cnc2c(c1)CCN([C@H]1CC[C@]13CCCCN3C1CC1)C2. The largest absolute Gasteiger partial charge is 0.293 e. The van der Waals surface area contributed by atoms with E-state index >= 15 is 0 Å². The molecule has 0 bridgehead atoms. The van der Waals surface area contributed by atoms with Gasteiger partial charge < -0.3 is 0 Å². The fraction of sp³-hybridized carbons (Fsp3) is 0.700. The van der Waals surface area contributed by atoms with Crippen LogP contribution in [0.4, 0.5) is 0 Å². The van der Waals surface area contributed by atoms with Crippen molar-refractivity contribution in [1.29, 1.82) is 0 Å². The number of hydrogen-bond donors (Lipinski definition) is 2. The first-order valence-corrected chi connectivity index (χ1v) is 10.1. The lowest BCUT2D eigenvalue weighted by Gasteiger charge is -2.62. The van der Waals surface area contributed by atoms with E-state index in [1.54, 1.807) is 11.7 Å². The first-order valence-electron chi connectivity index (χ1n) is 10.1. The summed E-state index contributed by atoms with van der Waals surface area (Å²) in [5.41, 5.74) is 4.81. The van der Waals surface area contributed by atoms with Gasteiger partial charge in [0.2, 0.25) is 0 Å². The van der Waals surface area contributed by atoms with E-state index in [1.807, 2.05) is 6.07 Å². The molecule has 6 heteroatoms. The molecular formula is C20H28N4O2. The van der Waals surface area contributed by atoms with Gasteiger partial charge in [-0.25, -0.2) is 5.48 Å². The van der Waals surface area contributed by atoms with E-state index in [-0.39, 0.29) is 0 Å². The smallest absolute Gasteiger partial charge is 0.276 e. The fourth-order valence-electron chi connectivity index (χ4n) is 5.66. The van der Waals surface area contributed by atoms with Gasteiger partial charge in [0.25, 0.3) is 5.91 Å². The van der Waals surface area contributed by atoms with Crippen molar-refractivity contribution in [3.63, 3.8) is 0 Å². The third kappa shape index (κ3) is 2.58. The molecule has 5 rings (SSSR count). The molecule has 3 fully saturated rings. The van der Waals surface area contributed by atoms with Crippen molar-refractivity contribution < 1.29 is 10.0 Å². The van der Waals surface area contributed by atoms with Crippen LogP contribution in [0.5, 0.6) is 0 Å². The highest BCUT2D eigenvalue weighted by atomic mass is 16.5. The molecule has 2 saturated carbocycles. The average Bonchev–Trinajstić information content (AvgIpc) is 3.51. The molecule has 1 aromatic rings. The number of carbonyl (C=O) groups excluding carboxylic acids is 1. The summed E-state index contributed by atoms with van der Waals surface area (Å²) in [5.74, 6) is -0.483. The van der Waals surface area contributed by atoms with Crippen molar-refractivity contribution in [2.45, 2.75) is 75.5 Å². The number of hydrogen-bond acceptors (Lipinski definition) is 5. The summed E-state index contributed by atoms with van der Waals surface area (Å²) in [6.45, 7) is 3.23. The van der Waals surface area contributed by atoms with Gasteiger partial charge >= 0.3 is 0 Å². The number of aromatic nitrogens is 1. The Kier molecular flexibility index (Phi) is 4.03. The van der Waals surface area contributed by atoms with Crippen LogP contribution in [0.2, 0.25) is 0 Å². The second-order valence-corrected chi connectivity index (χ2v) is 8.53. The molecule has 0 radical (unpaired) electrons. The highest BCUT2D eigenvalue weighted by Crippen LogP contribution is 2.51. The second kappa shape index (κ2) is 6.29. The van der Waals surface area contributed by atoms with E-state index < -0.39 is 5.91 Å². The van der Waals surface area contributed by atoms with Crippen LogP contribution in [0.15, 0.2) is 12.3 Å². The quantitative estimate of drug-likeness (QED) is 0.641. The van der Waals surface area contributed by atoms with Crippen LogP contribution < -0.4 is 5.48 Å². The summed E-state index contributed by atoms with van der Waals surface area (Å²) in [7, 11) is 0. The molecule has 1 aromatic heterocycles. The zero-order valence-electron chi connectivity index (χ0n) is 15.3. The number of piperidine rings is 1. The summed E-state index contributed by atoms with van der Waals surface area (Å²) in [6, 6.07) is 3.41. The Morgan fingerprint density at radius 1 is 1.23 bits per heavy atom. The van der Waals surface area contributed by atoms with Gasteiger partial charge in [-0.3, -0.25) is 24.8 Å². The molecular weight excluding hydrogens is 328 g/mol. The van der Waals surface area contributed by atoms with Gasteiger partial charge in [-0.05, 0) is 63.1 Å².